The van der Waals surface area contributed by atoms with E-state index in [9.17, 15) is 8.78 Å². The summed E-state index contributed by atoms with van der Waals surface area (Å²) in [5.41, 5.74) is 1.87. The predicted molar refractivity (Wildman–Crippen MR) is 130 cm³/mol. The van der Waals surface area contributed by atoms with E-state index in [2.05, 4.69) is 37.2 Å². The Labute approximate surface area is 200 Å². The van der Waals surface area contributed by atoms with Crippen LogP contribution in [0.3, 0.4) is 0 Å². The molecule has 184 valence electrons. The first-order chi connectivity index (χ1) is 17.0. The molecule has 11 heteroatoms. The molecule has 1 aliphatic carbocycles. The fourth-order valence-corrected chi connectivity index (χ4v) is 4.02. The van der Waals surface area contributed by atoms with Crippen LogP contribution in [0.2, 0.25) is 0 Å². The molecule has 3 heterocycles. The number of benzene rings is 1. The lowest BCUT2D eigenvalue weighted by Gasteiger charge is -2.28. The number of aromatic nitrogens is 3. The lowest BCUT2D eigenvalue weighted by Crippen LogP contribution is -2.40. The molecule has 1 aliphatic heterocycles. The summed E-state index contributed by atoms with van der Waals surface area (Å²) < 4.78 is 40.3. The van der Waals surface area contributed by atoms with Crippen molar-refractivity contribution in [1.82, 2.24) is 20.1 Å². The maximum atomic E-state index is 14.9. The molecule has 5 rings (SSSR count). The van der Waals surface area contributed by atoms with Crippen LogP contribution < -0.4 is 10.1 Å². The van der Waals surface area contributed by atoms with Crippen molar-refractivity contribution >= 4 is 29.3 Å². The van der Waals surface area contributed by atoms with Gasteiger partial charge in [0.2, 0.25) is 0 Å². The highest BCUT2D eigenvalue weighted by atomic mass is 19.1. The Morgan fingerprint density at radius 1 is 1.31 bits per heavy atom. The van der Waals surface area contributed by atoms with E-state index in [1.165, 1.54) is 12.8 Å². The summed E-state index contributed by atoms with van der Waals surface area (Å²) in [5.74, 6) is 0.761. The number of nitrogens with zero attached hydrogens (tertiary/aromatic N) is 4. The van der Waals surface area contributed by atoms with Crippen LogP contribution in [0.5, 0.6) is 5.75 Å². The molecule has 1 saturated carbocycles. The maximum Gasteiger partial charge on any atom is 0.181 e. The zero-order valence-corrected chi connectivity index (χ0v) is 19.4. The second-order valence-electron chi connectivity index (χ2n) is 8.60. The van der Waals surface area contributed by atoms with E-state index in [-0.39, 0.29) is 23.4 Å². The van der Waals surface area contributed by atoms with E-state index >= 15 is 0 Å². The van der Waals surface area contributed by atoms with E-state index in [1.807, 2.05) is 11.0 Å². The monoisotopic (exact) mass is 483 g/mol. The Kier molecular flexibility index (Phi) is 6.49. The first kappa shape index (κ1) is 23.0. The van der Waals surface area contributed by atoms with Gasteiger partial charge in [-0.15, -0.1) is 0 Å². The summed E-state index contributed by atoms with van der Waals surface area (Å²) in [4.78, 5) is 13.4. The average Bonchev–Trinajstić information content (AvgIpc) is 3.48. The molecule has 1 saturated heterocycles. The molecule has 3 aromatic rings. The van der Waals surface area contributed by atoms with E-state index in [0.29, 0.717) is 55.4 Å². The molecule has 0 radical (unpaired) electrons. The number of rotatable bonds is 8. The molecule has 2 fully saturated rings. The fourth-order valence-electron chi connectivity index (χ4n) is 4.02. The van der Waals surface area contributed by atoms with Crippen LogP contribution in [-0.4, -0.2) is 65.7 Å². The maximum absolute atomic E-state index is 14.9. The summed E-state index contributed by atoms with van der Waals surface area (Å²) in [6.07, 6.45) is 4.06. The minimum Gasteiger partial charge on any atom is -0.468 e. The molecule has 0 unspecified atom stereocenters. The fraction of sp³-hybridized carbons (Fsp3) is 0.375. The highest BCUT2D eigenvalue weighted by molar-refractivity contribution is 5.94. The van der Waals surface area contributed by atoms with E-state index in [1.54, 1.807) is 19.1 Å². The predicted octanol–water partition coefficient (Wildman–Crippen LogP) is 4.08. The van der Waals surface area contributed by atoms with Crippen molar-refractivity contribution in [3.8, 4) is 5.75 Å². The summed E-state index contributed by atoms with van der Waals surface area (Å²) in [5, 5.41) is 10.6. The molecule has 2 aromatic heterocycles. The summed E-state index contributed by atoms with van der Waals surface area (Å²) in [6.45, 7) is 7.50. The molecule has 1 aromatic carbocycles. The number of anilines is 1. The normalized spacial score (nSPS) is 17.2. The number of H-pyrrole nitrogens is 2. The first-order valence-corrected chi connectivity index (χ1v) is 11.5. The second kappa shape index (κ2) is 9.87. The zero-order chi connectivity index (χ0) is 24.4. The molecule has 0 spiro atoms. The molecular formula is C24H27F2N7O2. The largest absolute Gasteiger partial charge is 0.468 e. The van der Waals surface area contributed by atoms with Crippen molar-refractivity contribution in [3.63, 3.8) is 0 Å². The lowest BCUT2D eigenvalue weighted by molar-refractivity contribution is 0.0681. The van der Waals surface area contributed by atoms with E-state index in [4.69, 9.17) is 9.47 Å². The van der Waals surface area contributed by atoms with Gasteiger partial charge in [-0.25, -0.2) is 18.8 Å². The Bertz CT molecular complexity index is 1290. The smallest absolute Gasteiger partial charge is 0.181 e. The van der Waals surface area contributed by atoms with Gasteiger partial charge in [-0.05, 0) is 32.5 Å². The molecule has 3 N–H and O–H groups in total. The van der Waals surface area contributed by atoms with E-state index < -0.39 is 11.6 Å². The average molecular weight is 484 g/mol. The Balaban J connectivity index is 1.36. The second-order valence-corrected chi connectivity index (χ2v) is 8.60. The number of halogens is 2. The van der Waals surface area contributed by atoms with Gasteiger partial charge in [0.1, 0.15) is 11.7 Å². The van der Waals surface area contributed by atoms with Crippen molar-refractivity contribution < 1.29 is 18.3 Å². The third-order valence-electron chi connectivity index (χ3n) is 5.99. The number of morpholine rings is 1. The molecule has 0 bridgehead atoms. The van der Waals surface area contributed by atoms with Gasteiger partial charge >= 0.3 is 0 Å². The number of amidine groups is 1. The van der Waals surface area contributed by atoms with E-state index in [0.717, 1.165) is 11.8 Å². The van der Waals surface area contributed by atoms with Gasteiger partial charge < -0.3 is 24.7 Å². The Hall–Kier alpha value is -3.73. The van der Waals surface area contributed by atoms with Gasteiger partial charge in [0.15, 0.2) is 29.9 Å². The van der Waals surface area contributed by atoms with Crippen LogP contribution in [0.15, 0.2) is 40.1 Å². The highest BCUT2D eigenvalue weighted by Gasteiger charge is 2.25. The van der Waals surface area contributed by atoms with Gasteiger partial charge in [-0.3, -0.25) is 5.10 Å². The topological polar surface area (TPSA) is 103 Å². The zero-order valence-electron chi connectivity index (χ0n) is 19.4. The van der Waals surface area contributed by atoms with Gasteiger partial charge in [0, 0.05) is 54.0 Å². The first-order valence-electron chi connectivity index (χ1n) is 11.5. The molecule has 9 nitrogen and oxygen atoms in total. The van der Waals surface area contributed by atoms with Gasteiger partial charge in [-0.1, -0.05) is 0 Å². The number of ether oxygens (including phenoxy) is 2. The number of aryl methyl sites for hydroxylation is 1. The number of aromatic amines is 2. The van der Waals surface area contributed by atoms with Crippen molar-refractivity contribution in [1.29, 1.82) is 0 Å². The Morgan fingerprint density at radius 2 is 2.11 bits per heavy atom. The van der Waals surface area contributed by atoms with Gasteiger partial charge in [0.25, 0.3) is 0 Å². The molecule has 2 aliphatic rings. The minimum atomic E-state index is -0.635. The standard InChI is InChI=1S/C24H27F2N7O2/c1-14-9-16-23(26)19(10-17(25)24(16)29-14)35-13-28-22(33-5-7-34-8-6-33)12-20(27-2)30-21-11-18(31-32-21)15-3-4-15/h9-12,15,29H,2-8,13H2,1H3,(H2,30,31,32)/b20-12+,28-22+. The Morgan fingerprint density at radius 3 is 2.86 bits per heavy atom. The van der Waals surface area contributed by atoms with Crippen LogP contribution in [-0.2, 0) is 4.74 Å². The van der Waals surface area contributed by atoms with Crippen molar-refractivity contribution in [2.45, 2.75) is 25.7 Å². The van der Waals surface area contributed by atoms with Crippen LogP contribution >= 0.6 is 0 Å². The van der Waals surface area contributed by atoms with Crippen molar-refractivity contribution in [3.05, 3.63) is 53.1 Å². The van der Waals surface area contributed by atoms with Crippen LogP contribution in [0.1, 0.15) is 30.1 Å². The van der Waals surface area contributed by atoms with Crippen LogP contribution in [0.25, 0.3) is 10.9 Å². The summed E-state index contributed by atoms with van der Waals surface area (Å²) >= 11 is 0. The third-order valence-corrected chi connectivity index (χ3v) is 5.99. The molecular weight excluding hydrogens is 456 g/mol. The highest BCUT2D eigenvalue weighted by Crippen LogP contribution is 2.39. The number of hydrogen-bond acceptors (Lipinski definition) is 6. The van der Waals surface area contributed by atoms with Gasteiger partial charge in [0.05, 0.1) is 18.7 Å². The SMILES string of the molecule is C=N/C(=C\C(=N/COc1cc(F)c2[nH]c(C)cc2c1F)N1CCOCC1)Nc1cc(C2CC2)[nH]n1. The molecule has 0 amide bonds. The molecule has 0 atom stereocenters. The minimum absolute atomic E-state index is 0.115. The van der Waals surface area contributed by atoms with Crippen molar-refractivity contribution in [2.75, 3.05) is 38.4 Å². The van der Waals surface area contributed by atoms with Gasteiger partial charge in [-0.2, -0.15) is 5.10 Å². The number of nitrogens with one attached hydrogen (secondary N) is 3. The number of hydrogen-bond donors (Lipinski definition) is 3. The number of fused-ring (bicyclic) bond motifs is 1. The summed E-state index contributed by atoms with van der Waals surface area (Å²) in [7, 11) is 0. The van der Waals surface area contributed by atoms with Crippen LogP contribution in [0.4, 0.5) is 14.6 Å². The van der Waals surface area contributed by atoms with Crippen LogP contribution in [0, 0.1) is 18.6 Å². The third kappa shape index (κ3) is 5.19. The summed E-state index contributed by atoms with van der Waals surface area (Å²) in [6, 6.07) is 4.53. The lowest BCUT2D eigenvalue weighted by atomic mass is 10.2. The van der Waals surface area contributed by atoms with Crippen molar-refractivity contribution in [2.24, 2.45) is 9.98 Å². The molecule has 35 heavy (non-hydrogen) atoms. The quantitative estimate of drug-likeness (QED) is 0.331. The number of aliphatic imine (C=N–C) groups is 2.